The van der Waals surface area contributed by atoms with E-state index in [0.717, 1.165) is 22.9 Å². The topological polar surface area (TPSA) is 79.0 Å². The summed E-state index contributed by atoms with van der Waals surface area (Å²) < 4.78 is 27.5. The van der Waals surface area contributed by atoms with Crippen molar-refractivity contribution < 1.29 is 8.42 Å². The third-order valence-electron chi connectivity index (χ3n) is 3.17. The standard InChI is InChI=1S/C12H13BrN4O2S/c13-11-4-2-1-3-9(11)7-17(10-5-6-10)20(18,19)12-14-8-15-16-12/h1-4,8,10H,5-7H2,(H,14,15,16). The van der Waals surface area contributed by atoms with Gasteiger partial charge in [0, 0.05) is 17.1 Å². The number of nitrogens with one attached hydrogen (secondary N) is 1. The van der Waals surface area contributed by atoms with Gasteiger partial charge < -0.3 is 0 Å². The normalized spacial score (nSPS) is 15.7. The molecular weight excluding hydrogens is 344 g/mol. The lowest BCUT2D eigenvalue weighted by molar-refractivity contribution is 0.394. The molecule has 1 N–H and O–H groups in total. The zero-order chi connectivity index (χ0) is 14.2. The zero-order valence-corrected chi connectivity index (χ0v) is 12.9. The maximum atomic E-state index is 12.6. The van der Waals surface area contributed by atoms with E-state index in [1.807, 2.05) is 24.3 Å². The van der Waals surface area contributed by atoms with Crippen LogP contribution in [0.3, 0.4) is 0 Å². The number of rotatable bonds is 5. The van der Waals surface area contributed by atoms with Crippen molar-refractivity contribution in [3.63, 3.8) is 0 Å². The fourth-order valence-corrected chi connectivity index (χ4v) is 3.88. The van der Waals surface area contributed by atoms with Gasteiger partial charge in [0.25, 0.3) is 15.2 Å². The Labute approximate surface area is 125 Å². The van der Waals surface area contributed by atoms with Gasteiger partial charge in [-0.05, 0) is 24.5 Å². The molecule has 1 aliphatic carbocycles. The second-order valence-electron chi connectivity index (χ2n) is 4.65. The Morgan fingerprint density at radius 2 is 2.10 bits per heavy atom. The van der Waals surface area contributed by atoms with Crippen molar-refractivity contribution in [3.05, 3.63) is 40.6 Å². The lowest BCUT2D eigenvalue weighted by Gasteiger charge is -2.20. The van der Waals surface area contributed by atoms with Crippen molar-refractivity contribution in [3.8, 4) is 0 Å². The summed E-state index contributed by atoms with van der Waals surface area (Å²) in [5.74, 6) is 0. The first-order chi connectivity index (χ1) is 9.59. The van der Waals surface area contributed by atoms with Gasteiger partial charge in [-0.1, -0.05) is 34.1 Å². The van der Waals surface area contributed by atoms with Gasteiger partial charge in [-0.25, -0.2) is 13.4 Å². The van der Waals surface area contributed by atoms with Crippen molar-refractivity contribution in [1.82, 2.24) is 19.5 Å². The molecule has 6 nitrogen and oxygen atoms in total. The quantitative estimate of drug-likeness (QED) is 0.887. The average molecular weight is 357 g/mol. The Kier molecular flexibility index (Phi) is 3.61. The summed E-state index contributed by atoms with van der Waals surface area (Å²) in [6, 6.07) is 7.65. The zero-order valence-electron chi connectivity index (χ0n) is 10.5. The maximum Gasteiger partial charge on any atom is 0.282 e. The van der Waals surface area contributed by atoms with E-state index in [0.29, 0.717) is 6.54 Å². The van der Waals surface area contributed by atoms with Crippen LogP contribution in [0.4, 0.5) is 0 Å². The SMILES string of the molecule is O=S(=O)(c1nc[nH]n1)N(Cc1ccccc1Br)C1CC1. The summed E-state index contributed by atoms with van der Waals surface area (Å²) in [6.07, 6.45) is 3.04. The predicted molar refractivity (Wildman–Crippen MR) is 76.3 cm³/mol. The van der Waals surface area contributed by atoms with Crippen LogP contribution in [0.25, 0.3) is 0 Å². The highest BCUT2D eigenvalue weighted by Crippen LogP contribution is 2.33. The van der Waals surface area contributed by atoms with Crippen LogP contribution >= 0.6 is 15.9 Å². The number of nitrogens with zero attached hydrogens (tertiary/aromatic N) is 3. The molecule has 1 fully saturated rings. The smallest absolute Gasteiger partial charge is 0.265 e. The fourth-order valence-electron chi connectivity index (χ4n) is 1.99. The molecule has 3 rings (SSSR count). The molecular formula is C12H13BrN4O2S. The van der Waals surface area contributed by atoms with Crippen LogP contribution in [0.5, 0.6) is 0 Å². The first-order valence-electron chi connectivity index (χ1n) is 6.20. The minimum Gasteiger partial charge on any atom is -0.265 e. The molecule has 1 heterocycles. The van der Waals surface area contributed by atoms with Gasteiger partial charge in [0.15, 0.2) is 0 Å². The van der Waals surface area contributed by atoms with Crippen molar-refractivity contribution in [2.45, 2.75) is 30.6 Å². The fraction of sp³-hybridized carbons (Fsp3) is 0.333. The number of aromatic nitrogens is 3. The molecule has 0 atom stereocenters. The number of hydrogen-bond donors (Lipinski definition) is 1. The third-order valence-corrected chi connectivity index (χ3v) is 5.65. The summed E-state index contributed by atoms with van der Waals surface area (Å²) in [7, 11) is -3.65. The maximum absolute atomic E-state index is 12.6. The van der Waals surface area contributed by atoms with E-state index in [9.17, 15) is 8.42 Å². The molecule has 0 spiro atoms. The van der Waals surface area contributed by atoms with Crippen molar-refractivity contribution in [1.29, 1.82) is 0 Å². The average Bonchev–Trinajstić information content (AvgIpc) is 3.09. The third kappa shape index (κ3) is 2.63. The number of halogens is 1. The van der Waals surface area contributed by atoms with Crippen LogP contribution in [-0.4, -0.2) is 33.9 Å². The largest absolute Gasteiger partial charge is 0.282 e. The molecule has 0 amide bonds. The molecule has 106 valence electrons. The van der Waals surface area contributed by atoms with Gasteiger partial charge in [0.1, 0.15) is 6.33 Å². The summed E-state index contributed by atoms with van der Waals surface area (Å²) in [4.78, 5) is 3.78. The molecule has 20 heavy (non-hydrogen) atoms. The second kappa shape index (κ2) is 5.27. The van der Waals surface area contributed by atoms with Gasteiger partial charge in [-0.3, -0.25) is 5.10 Å². The first-order valence-corrected chi connectivity index (χ1v) is 8.43. The van der Waals surface area contributed by atoms with Crippen LogP contribution in [0.2, 0.25) is 0 Å². The summed E-state index contributed by atoms with van der Waals surface area (Å²) in [5.41, 5.74) is 0.929. The van der Waals surface area contributed by atoms with Crippen LogP contribution in [0, 0.1) is 0 Å². The highest BCUT2D eigenvalue weighted by atomic mass is 79.9. The van der Waals surface area contributed by atoms with E-state index in [4.69, 9.17) is 0 Å². The van der Waals surface area contributed by atoms with Crippen LogP contribution < -0.4 is 0 Å². The Bertz CT molecular complexity index is 698. The van der Waals surface area contributed by atoms with Gasteiger partial charge >= 0.3 is 0 Å². The number of H-pyrrole nitrogens is 1. The summed E-state index contributed by atoms with van der Waals surface area (Å²) >= 11 is 3.45. The molecule has 1 aromatic heterocycles. The molecule has 0 radical (unpaired) electrons. The van der Waals surface area contributed by atoms with E-state index < -0.39 is 10.0 Å². The summed E-state index contributed by atoms with van der Waals surface area (Å²) in [6.45, 7) is 0.322. The van der Waals surface area contributed by atoms with E-state index in [1.54, 1.807) is 0 Å². The van der Waals surface area contributed by atoms with E-state index in [-0.39, 0.29) is 11.2 Å². The Morgan fingerprint density at radius 3 is 2.70 bits per heavy atom. The molecule has 1 saturated carbocycles. The molecule has 0 bridgehead atoms. The number of hydrogen-bond acceptors (Lipinski definition) is 4. The van der Waals surface area contributed by atoms with Crippen molar-refractivity contribution in [2.75, 3.05) is 0 Å². The second-order valence-corrected chi connectivity index (χ2v) is 7.29. The minimum absolute atomic E-state index is 0.0469. The van der Waals surface area contributed by atoms with Crippen molar-refractivity contribution in [2.24, 2.45) is 0 Å². The minimum atomic E-state index is -3.65. The Hall–Kier alpha value is -1.25. The number of sulfonamides is 1. The lowest BCUT2D eigenvalue weighted by Crippen LogP contribution is -2.33. The van der Waals surface area contributed by atoms with Crippen LogP contribution in [0.15, 0.2) is 40.2 Å². The number of benzene rings is 1. The highest BCUT2D eigenvalue weighted by Gasteiger charge is 2.40. The number of aromatic amines is 1. The molecule has 0 aliphatic heterocycles. The van der Waals surface area contributed by atoms with E-state index in [1.165, 1.54) is 10.6 Å². The Morgan fingerprint density at radius 1 is 1.35 bits per heavy atom. The molecule has 2 aromatic rings. The predicted octanol–water partition coefficient (Wildman–Crippen LogP) is 1.92. The van der Waals surface area contributed by atoms with Gasteiger partial charge in [-0.15, -0.1) is 5.10 Å². The van der Waals surface area contributed by atoms with Crippen molar-refractivity contribution >= 4 is 26.0 Å². The van der Waals surface area contributed by atoms with Crippen LogP contribution in [0.1, 0.15) is 18.4 Å². The highest BCUT2D eigenvalue weighted by molar-refractivity contribution is 9.10. The molecule has 0 unspecified atom stereocenters. The Balaban J connectivity index is 1.93. The van der Waals surface area contributed by atoms with E-state index >= 15 is 0 Å². The molecule has 1 aromatic carbocycles. The van der Waals surface area contributed by atoms with Crippen LogP contribution in [-0.2, 0) is 16.6 Å². The van der Waals surface area contributed by atoms with E-state index in [2.05, 4.69) is 31.1 Å². The lowest BCUT2D eigenvalue weighted by atomic mass is 10.2. The molecule has 1 aliphatic rings. The molecule has 0 saturated heterocycles. The van der Waals surface area contributed by atoms with Gasteiger partial charge in [0.05, 0.1) is 0 Å². The summed E-state index contributed by atoms with van der Waals surface area (Å²) in [5, 5.41) is 5.98. The van der Waals surface area contributed by atoms with Gasteiger partial charge in [-0.2, -0.15) is 4.31 Å². The first kappa shape index (κ1) is 13.7. The van der Waals surface area contributed by atoms with Gasteiger partial charge in [0.2, 0.25) is 0 Å². The molecule has 8 heteroatoms. The monoisotopic (exact) mass is 356 g/mol.